The Bertz CT molecular complexity index is 360. The number of nitro benzene ring substituents is 1. The highest BCUT2D eigenvalue weighted by molar-refractivity contribution is 5.35. The second kappa shape index (κ2) is 4.94. The van der Waals surface area contributed by atoms with Crippen molar-refractivity contribution >= 4 is 5.69 Å². The zero-order chi connectivity index (χ0) is 11.4. The van der Waals surface area contributed by atoms with Crippen molar-refractivity contribution in [3.8, 4) is 5.75 Å². The van der Waals surface area contributed by atoms with Gasteiger partial charge in [0, 0.05) is 24.7 Å². The summed E-state index contributed by atoms with van der Waals surface area (Å²) in [5.41, 5.74) is 0.0865. The first-order valence-corrected chi connectivity index (χ1v) is 5.36. The number of nitro groups is 1. The zero-order valence-electron chi connectivity index (χ0n) is 8.89. The summed E-state index contributed by atoms with van der Waals surface area (Å²) in [6.07, 6.45) is 2.52. The first-order valence-electron chi connectivity index (χ1n) is 5.36. The summed E-state index contributed by atoms with van der Waals surface area (Å²) < 4.78 is 5.43. The molecule has 0 bridgehead atoms. The van der Waals surface area contributed by atoms with E-state index in [1.165, 1.54) is 25.0 Å². The lowest BCUT2D eigenvalue weighted by Gasteiger charge is -2.06. The average molecular weight is 222 g/mol. The predicted molar refractivity (Wildman–Crippen MR) is 59.6 cm³/mol. The maximum Gasteiger partial charge on any atom is 0.269 e. The lowest BCUT2D eigenvalue weighted by Crippen LogP contribution is -2.22. The van der Waals surface area contributed by atoms with Gasteiger partial charge in [-0.2, -0.15) is 0 Å². The minimum atomic E-state index is -0.418. The minimum Gasteiger partial charge on any atom is -0.492 e. The number of hydrogen-bond donors (Lipinski definition) is 1. The molecule has 0 heterocycles. The summed E-state index contributed by atoms with van der Waals surface area (Å²) in [5.74, 6) is 0.670. The number of non-ortho nitro benzene ring substituents is 1. The molecule has 5 nitrogen and oxygen atoms in total. The monoisotopic (exact) mass is 222 g/mol. The summed E-state index contributed by atoms with van der Waals surface area (Å²) in [5, 5.41) is 13.7. The number of ether oxygens (including phenoxy) is 1. The van der Waals surface area contributed by atoms with Crippen molar-refractivity contribution in [3.05, 3.63) is 34.4 Å². The lowest BCUT2D eigenvalue weighted by molar-refractivity contribution is -0.384. The van der Waals surface area contributed by atoms with Gasteiger partial charge in [-0.15, -0.1) is 0 Å². The third-order valence-corrected chi connectivity index (χ3v) is 2.43. The van der Waals surface area contributed by atoms with Gasteiger partial charge in [0.25, 0.3) is 5.69 Å². The van der Waals surface area contributed by atoms with Crippen LogP contribution in [-0.4, -0.2) is 24.1 Å². The van der Waals surface area contributed by atoms with Gasteiger partial charge >= 0.3 is 0 Å². The van der Waals surface area contributed by atoms with Crippen molar-refractivity contribution in [2.75, 3.05) is 13.2 Å². The van der Waals surface area contributed by atoms with E-state index in [0.29, 0.717) is 18.4 Å². The molecule has 0 spiro atoms. The fraction of sp³-hybridized carbons (Fsp3) is 0.455. The maximum absolute atomic E-state index is 10.4. The standard InChI is InChI=1S/C11H14N2O3/c14-13(15)10-3-5-11(6-4-10)16-8-7-12-9-1-2-9/h3-6,9,12H,1-2,7-8H2. The van der Waals surface area contributed by atoms with Crippen LogP contribution < -0.4 is 10.1 Å². The Morgan fingerprint density at radius 3 is 2.62 bits per heavy atom. The van der Waals surface area contributed by atoms with Gasteiger partial charge in [-0.3, -0.25) is 10.1 Å². The summed E-state index contributed by atoms with van der Waals surface area (Å²) in [7, 11) is 0. The van der Waals surface area contributed by atoms with E-state index in [0.717, 1.165) is 6.54 Å². The summed E-state index contributed by atoms with van der Waals surface area (Å²) >= 11 is 0. The molecule has 0 amide bonds. The van der Waals surface area contributed by atoms with Crippen molar-refractivity contribution in [1.82, 2.24) is 5.32 Å². The molecule has 1 aliphatic carbocycles. The van der Waals surface area contributed by atoms with Gasteiger partial charge in [-0.1, -0.05) is 0 Å². The molecule has 5 heteroatoms. The zero-order valence-corrected chi connectivity index (χ0v) is 8.89. The van der Waals surface area contributed by atoms with Crippen molar-refractivity contribution in [1.29, 1.82) is 0 Å². The molecule has 1 fully saturated rings. The fourth-order valence-electron chi connectivity index (χ4n) is 1.38. The maximum atomic E-state index is 10.4. The van der Waals surface area contributed by atoms with Crippen LogP contribution in [0, 0.1) is 10.1 Å². The van der Waals surface area contributed by atoms with Crippen molar-refractivity contribution in [2.45, 2.75) is 18.9 Å². The highest BCUT2D eigenvalue weighted by Crippen LogP contribution is 2.19. The molecule has 1 saturated carbocycles. The number of benzene rings is 1. The SMILES string of the molecule is O=[N+]([O-])c1ccc(OCCNC2CC2)cc1. The highest BCUT2D eigenvalue weighted by Gasteiger charge is 2.19. The molecule has 1 aliphatic rings. The van der Waals surface area contributed by atoms with E-state index in [1.54, 1.807) is 12.1 Å². The Balaban J connectivity index is 1.73. The Morgan fingerprint density at radius 2 is 2.06 bits per heavy atom. The van der Waals surface area contributed by atoms with Gasteiger partial charge in [-0.05, 0) is 25.0 Å². The van der Waals surface area contributed by atoms with Gasteiger partial charge in [0.1, 0.15) is 12.4 Å². The molecule has 0 aliphatic heterocycles. The van der Waals surface area contributed by atoms with Crippen molar-refractivity contribution in [2.24, 2.45) is 0 Å². The molecular formula is C11H14N2O3. The normalized spacial score (nSPS) is 14.8. The molecule has 0 saturated heterocycles. The minimum absolute atomic E-state index is 0.0865. The number of rotatable bonds is 6. The molecule has 1 aromatic rings. The van der Waals surface area contributed by atoms with Crippen LogP contribution in [0.25, 0.3) is 0 Å². The molecule has 0 unspecified atom stereocenters. The molecule has 16 heavy (non-hydrogen) atoms. The molecule has 86 valence electrons. The van der Waals surface area contributed by atoms with Gasteiger partial charge in [-0.25, -0.2) is 0 Å². The molecule has 1 N–H and O–H groups in total. The molecule has 0 aromatic heterocycles. The Labute approximate surface area is 93.6 Å². The van der Waals surface area contributed by atoms with E-state index < -0.39 is 4.92 Å². The third-order valence-electron chi connectivity index (χ3n) is 2.43. The molecule has 1 aromatic carbocycles. The van der Waals surface area contributed by atoms with Gasteiger partial charge in [0.2, 0.25) is 0 Å². The highest BCUT2D eigenvalue weighted by atomic mass is 16.6. The largest absolute Gasteiger partial charge is 0.492 e. The van der Waals surface area contributed by atoms with Crippen LogP contribution in [0.1, 0.15) is 12.8 Å². The number of hydrogen-bond acceptors (Lipinski definition) is 4. The van der Waals surface area contributed by atoms with Gasteiger partial charge < -0.3 is 10.1 Å². The quantitative estimate of drug-likeness (QED) is 0.452. The number of nitrogens with one attached hydrogen (secondary N) is 1. The first kappa shape index (κ1) is 10.9. The predicted octanol–water partition coefficient (Wildman–Crippen LogP) is 1.73. The summed E-state index contributed by atoms with van der Waals surface area (Å²) in [4.78, 5) is 9.99. The van der Waals surface area contributed by atoms with Crippen LogP contribution in [0.3, 0.4) is 0 Å². The lowest BCUT2D eigenvalue weighted by atomic mass is 10.3. The van der Waals surface area contributed by atoms with Gasteiger partial charge in [0.15, 0.2) is 0 Å². The molecule has 0 atom stereocenters. The van der Waals surface area contributed by atoms with E-state index >= 15 is 0 Å². The van der Waals surface area contributed by atoms with Crippen LogP contribution in [0.2, 0.25) is 0 Å². The van der Waals surface area contributed by atoms with Crippen LogP contribution in [0.15, 0.2) is 24.3 Å². The topological polar surface area (TPSA) is 64.4 Å². The van der Waals surface area contributed by atoms with E-state index in [1.807, 2.05) is 0 Å². The molecular weight excluding hydrogens is 208 g/mol. The van der Waals surface area contributed by atoms with Crippen molar-refractivity contribution in [3.63, 3.8) is 0 Å². The van der Waals surface area contributed by atoms with Crippen LogP contribution in [0.5, 0.6) is 5.75 Å². The smallest absolute Gasteiger partial charge is 0.269 e. The Hall–Kier alpha value is -1.62. The molecule has 2 rings (SSSR count). The van der Waals surface area contributed by atoms with Gasteiger partial charge in [0.05, 0.1) is 4.92 Å². The van der Waals surface area contributed by atoms with Crippen LogP contribution in [0.4, 0.5) is 5.69 Å². The Kier molecular flexibility index (Phi) is 3.36. The van der Waals surface area contributed by atoms with E-state index in [9.17, 15) is 10.1 Å². The van der Waals surface area contributed by atoms with E-state index in [-0.39, 0.29) is 5.69 Å². The van der Waals surface area contributed by atoms with E-state index in [4.69, 9.17) is 4.74 Å². The second-order valence-electron chi connectivity index (χ2n) is 3.83. The average Bonchev–Trinajstić information content (AvgIpc) is 3.09. The fourth-order valence-corrected chi connectivity index (χ4v) is 1.38. The number of nitrogens with zero attached hydrogens (tertiary/aromatic N) is 1. The Morgan fingerprint density at radius 1 is 1.38 bits per heavy atom. The van der Waals surface area contributed by atoms with Crippen LogP contribution >= 0.6 is 0 Å². The first-order chi connectivity index (χ1) is 7.75. The summed E-state index contributed by atoms with van der Waals surface area (Å²) in [6.45, 7) is 1.41. The van der Waals surface area contributed by atoms with E-state index in [2.05, 4.69) is 5.32 Å². The van der Waals surface area contributed by atoms with Crippen LogP contribution in [-0.2, 0) is 0 Å². The second-order valence-corrected chi connectivity index (χ2v) is 3.83. The molecule has 0 radical (unpaired) electrons. The van der Waals surface area contributed by atoms with Crippen molar-refractivity contribution < 1.29 is 9.66 Å². The third kappa shape index (κ3) is 3.20. The summed E-state index contributed by atoms with van der Waals surface area (Å²) in [6, 6.07) is 6.82.